The summed E-state index contributed by atoms with van der Waals surface area (Å²) in [7, 11) is 0. The van der Waals surface area contributed by atoms with Crippen LogP contribution in [0, 0.1) is 6.92 Å². The van der Waals surface area contributed by atoms with E-state index in [-0.39, 0.29) is 0 Å². The fourth-order valence-corrected chi connectivity index (χ4v) is 7.46. The maximum atomic E-state index is 6.71. The molecular formula is C45H29NO2. The largest absolute Gasteiger partial charge is 0.456 e. The second-order valence-corrected chi connectivity index (χ2v) is 12.6. The number of benzene rings is 8. The topological polar surface area (TPSA) is 29.5 Å². The van der Waals surface area contributed by atoms with Crippen LogP contribution < -0.4 is 4.90 Å². The van der Waals surface area contributed by atoms with Crippen LogP contribution in [0.1, 0.15) is 5.56 Å². The van der Waals surface area contributed by atoms with Gasteiger partial charge in [-0.25, -0.2) is 0 Å². The Labute approximate surface area is 276 Å². The third-order valence-electron chi connectivity index (χ3n) is 9.71. The van der Waals surface area contributed by atoms with E-state index in [1.54, 1.807) is 0 Å². The first-order chi connectivity index (χ1) is 23.7. The second kappa shape index (κ2) is 10.3. The number of fused-ring (bicyclic) bond motifs is 10. The highest BCUT2D eigenvalue weighted by Gasteiger charge is 2.22. The summed E-state index contributed by atoms with van der Waals surface area (Å²) in [5.41, 5.74) is 10.1. The lowest BCUT2D eigenvalue weighted by Gasteiger charge is -2.27. The molecule has 3 heteroatoms. The van der Waals surface area contributed by atoms with Gasteiger partial charge in [0.25, 0.3) is 0 Å². The fraction of sp³-hybridized carbons (Fsp3) is 0.0222. The molecule has 3 nitrogen and oxygen atoms in total. The standard InChI is InChI=1S/C45H29NO2/c1-28-18-21-31(22-19-28)46(32-23-24-36-38-17-9-16-34(29-10-3-2-4-11-29)45(38)48-41(36)26-32)39-27-42-44(37-15-8-7-14-35(37)39)43-33-13-6-5-12-30(33)20-25-40(43)47-42/h2-27H,1H3. The van der Waals surface area contributed by atoms with Gasteiger partial charge in [-0.05, 0) is 59.0 Å². The number of hydrogen-bond donors (Lipinski definition) is 0. The lowest BCUT2D eigenvalue weighted by molar-refractivity contribution is 0.669. The molecule has 0 aliphatic carbocycles. The summed E-state index contributed by atoms with van der Waals surface area (Å²) in [5, 5.41) is 9.23. The molecule has 0 amide bonds. The number of aryl methyl sites for hydroxylation is 1. The molecule has 226 valence electrons. The Morgan fingerprint density at radius 1 is 0.438 bits per heavy atom. The van der Waals surface area contributed by atoms with Crippen LogP contribution in [-0.2, 0) is 0 Å². The molecule has 10 rings (SSSR count). The van der Waals surface area contributed by atoms with Crippen LogP contribution in [0.5, 0.6) is 0 Å². The van der Waals surface area contributed by atoms with E-state index in [2.05, 4.69) is 163 Å². The number of furan rings is 2. The normalized spacial score (nSPS) is 11.9. The van der Waals surface area contributed by atoms with Crippen LogP contribution in [-0.4, -0.2) is 0 Å². The first-order valence-electron chi connectivity index (χ1n) is 16.3. The number of anilines is 3. The molecular weight excluding hydrogens is 587 g/mol. The smallest absolute Gasteiger partial charge is 0.143 e. The molecule has 0 aliphatic heterocycles. The zero-order valence-corrected chi connectivity index (χ0v) is 26.3. The van der Waals surface area contributed by atoms with Gasteiger partial charge in [0.15, 0.2) is 0 Å². The molecule has 48 heavy (non-hydrogen) atoms. The molecule has 0 N–H and O–H groups in total. The van der Waals surface area contributed by atoms with E-state index >= 15 is 0 Å². The third kappa shape index (κ3) is 4.01. The zero-order valence-electron chi connectivity index (χ0n) is 26.3. The second-order valence-electron chi connectivity index (χ2n) is 12.6. The quantitative estimate of drug-likeness (QED) is 0.197. The molecule has 0 unspecified atom stereocenters. The Kier molecular flexibility index (Phi) is 5.79. The van der Waals surface area contributed by atoms with E-state index in [1.807, 2.05) is 6.07 Å². The molecule has 8 aromatic carbocycles. The first kappa shape index (κ1) is 26.9. The summed E-state index contributed by atoms with van der Waals surface area (Å²) in [4.78, 5) is 2.33. The third-order valence-corrected chi connectivity index (χ3v) is 9.71. The van der Waals surface area contributed by atoms with Gasteiger partial charge in [0.2, 0.25) is 0 Å². The fourth-order valence-electron chi connectivity index (χ4n) is 7.46. The van der Waals surface area contributed by atoms with Crippen LogP contribution in [0.25, 0.3) is 76.5 Å². The van der Waals surface area contributed by atoms with Crippen molar-refractivity contribution in [2.45, 2.75) is 6.92 Å². The molecule has 0 atom stereocenters. The van der Waals surface area contributed by atoms with Gasteiger partial charge in [0.1, 0.15) is 22.3 Å². The van der Waals surface area contributed by atoms with Gasteiger partial charge in [-0.1, -0.05) is 121 Å². The Morgan fingerprint density at radius 2 is 1.15 bits per heavy atom. The van der Waals surface area contributed by atoms with Crippen molar-refractivity contribution in [1.29, 1.82) is 0 Å². The molecule has 10 aromatic rings. The monoisotopic (exact) mass is 615 g/mol. The number of nitrogens with zero attached hydrogens (tertiary/aromatic N) is 1. The van der Waals surface area contributed by atoms with Crippen molar-refractivity contribution < 1.29 is 8.83 Å². The van der Waals surface area contributed by atoms with Crippen LogP contribution in [0.3, 0.4) is 0 Å². The van der Waals surface area contributed by atoms with E-state index in [9.17, 15) is 0 Å². The predicted octanol–water partition coefficient (Wildman–Crippen LogP) is 13.2. The summed E-state index contributed by atoms with van der Waals surface area (Å²) in [6.45, 7) is 2.12. The van der Waals surface area contributed by atoms with E-state index in [0.717, 1.165) is 82.8 Å². The van der Waals surface area contributed by atoms with Gasteiger partial charge in [0.05, 0.1) is 5.69 Å². The summed E-state index contributed by atoms with van der Waals surface area (Å²) < 4.78 is 13.4. The average molecular weight is 616 g/mol. The summed E-state index contributed by atoms with van der Waals surface area (Å²) in [5.74, 6) is 0. The minimum absolute atomic E-state index is 0.851. The SMILES string of the molecule is Cc1ccc(N(c2ccc3c(c2)oc2c(-c4ccccc4)cccc23)c2cc3oc4ccc5ccccc5c4c3c3ccccc23)cc1. The van der Waals surface area contributed by atoms with E-state index in [4.69, 9.17) is 8.83 Å². The van der Waals surface area contributed by atoms with Crippen molar-refractivity contribution >= 4 is 82.5 Å². The van der Waals surface area contributed by atoms with Crippen LogP contribution in [0.4, 0.5) is 17.1 Å². The molecule has 0 saturated carbocycles. The Morgan fingerprint density at radius 3 is 2.00 bits per heavy atom. The highest BCUT2D eigenvalue weighted by molar-refractivity contribution is 6.28. The van der Waals surface area contributed by atoms with Crippen LogP contribution >= 0.6 is 0 Å². The molecule has 0 radical (unpaired) electrons. The van der Waals surface area contributed by atoms with Gasteiger partial charge in [0, 0.05) is 56.0 Å². The molecule has 0 spiro atoms. The Hall–Kier alpha value is -6.32. The molecule has 2 heterocycles. The molecule has 0 aliphatic rings. The van der Waals surface area contributed by atoms with Crippen LogP contribution in [0.2, 0.25) is 0 Å². The van der Waals surface area contributed by atoms with Crippen molar-refractivity contribution in [1.82, 2.24) is 0 Å². The van der Waals surface area contributed by atoms with E-state index in [0.29, 0.717) is 0 Å². The first-order valence-corrected chi connectivity index (χ1v) is 16.3. The zero-order chi connectivity index (χ0) is 31.8. The van der Waals surface area contributed by atoms with Gasteiger partial charge in [-0.3, -0.25) is 0 Å². The molecule has 0 bridgehead atoms. The minimum atomic E-state index is 0.851. The van der Waals surface area contributed by atoms with Gasteiger partial charge in [-0.2, -0.15) is 0 Å². The van der Waals surface area contributed by atoms with Crippen molar-refractivity contribution in [2.24, 2.45) is 0 Å². The van der Waals surface area contributed by atoms with Gasteiger partial charge >= 0.3 is 0 Å². The molecule has 0 saturated heterocycles. The van der Waals surface area contributed by atoms with Crippen molar-refractivity contribution in [3.8, 4) is 11.1 Å². The van der Waals surface area contributed by atoms with Crippen molar-refractivity contribution in [2.75, 3.05) is 4.90 Å². The Bertz CT molecular complexity index is 2840. The predicted molar refractivity (Wildman–Crippen MR) is 201 cm³/mol. The van der Waals surface area contributed by atoms with Crippen molar-refractivity contribution in [3.63, 3.8) is 0 Å². The highest BCUT2D eigenvalue weighted by Crippen LogP contribution is 2.47. The minimum Gasteiger partial charge on any atom is -0.456 e. The van der Waals surface area contributed by atoms with Gasteiger partial charge < -0.3 is 13.7 Å². The van der Waals surface area contributed by atoms with E-state index in [1.165, 1.54) is 16.3 Å². The molecule has 0 fully saturated rings. The summed E-state index contributed by atoms with van der Waals surface area (Å²) in [6.07, 6.45) is 0. The van der Waals surface area contributed by atoms with E-state index < -0.39 is 0 Å². The maximum Gasteiger partial charge on any atom is 0.143 e. The lowest BCUT2D eigenvalue weighted by Crippen LogP contribution is -2.10. The molecule has 2 aromatic heterocycles. The summed E-state index contributed by atoms with van der Waals surface area (Å²) in [6, 6.07) is 55.9. The lowest BCUT2D eigenvalue weighted by atomic mass is 9.98. The highest BCUT2D eigenvalue weighted by atomic mass is 16.3. The van der Waals surface area contributed by atoms with Gasteiger partial charge in [-0.15, -0.1) is 0 Å². The number of para-hydroxylation sites is 1. The van der Waals surface area contributed by atoms with Crippen LogP contribution in [0.15, 0.2) is 167 Å². The van der Waals surface area contributed by atoms with Crippen molar-refractivity contribution in [3.05, 3.63) is 163 Å². The Balaban J connectivity index is 1.25. The number of rotatable bonds is 4. The maximum absolute atomic E-state index is 6.71. The number of hydrogen-bond acceptors (Lipinski definition) is 3. The summed E-state index contributed by atoms with van der Waals surface area (Å²) >= 11 is 0. The average Bonchev–Trinajstić information content (AvgIpc) is 3.71.